The lowest BCUT2D eigenvalue weighted by atomic mass is 9.98. The normalized spacial score (nSPS) is 13.2. The van der Waals surface area contributed by atoms with Gasteiger partial charge in [-0.3, -0.25) is 4.90 Å². The first-order chi connectivity index (χ1) is 15.0. The Morgan fingerprint density at radius 3 is 2.06 bits per heavy atom. The zero-order valence-corrected chi connectivity index (χ0v) is 17.8. The summed E-state index contributed by atoms with van der Waals surface area (Å²) in [6.45, 7) is 1.72. The van der Waals surface area contributed by atoms with Crippen molar-refractivity contribution in [2.45, 2.75) is 25.4 Å². The van der Waals surface area contributed by atoms with Crippen LogP contribution in [-0.2, 0) is 16.1 Å². The molecular formula is C25H22ClNO4. The minimum absolute atomic E-state index is 0.0890. The van der Waals surface area contributed by atoms with E-state index in [-0.39, 0.29) is 19.1 Å². The van der Waals surface area contributed by atoms with Crippen LogP contribution in [0.3, 0.4) is 0 Å². The van der Waals surface area contributed by atoms with Crippen molar-refractivity contribution in [1.29, 1.82) is 0 Å². The summed E-state index contributed by atoms with van der Waals surface area (Å²) < 4.78 is 5.67. The second-order valence-corrected chi connectivity index (χ2v) is 8.01. The first-order valence-electron chi connectivity index (χ1n) is 10.0. The maximum atomic E-state index is 13.0. The number of carbonyl (C=O) groups is 2. The van der Waals surface area contributed by atoms with E-state index in [0.29, 0.717) is 5.02 Å². The number of carboxylic acids is 1. The van der Waals surface area contributed by atoms with Gasteiger partial charge >= 0.3 is 12.1 Å². The Kier molecular flexibility index (Phi) is 5.96. The Morgan fingerprint density at radius 1 is 0.968 bits per heavy atom. The van der Waals surface area contributed by atoms with Crippen LogP contribution in [0.25, 0.3) is 11.1 Å². The molecule has 0 aliphatic heterocycles. The lowest BCUT2D eigenvalue weighted by Gasteiger charge is -2.27. The van der Waals surface area contributed by atoms with E-state index < -0.39 is 18.1 Å². The highest BCUT2D eigenvalue weighted by Crippen LogP contribution is 2.44. The van der Waals surface area contributed by atoms with Gasteiger partial charge < -0.3 is 9.84 Å². The summed E-state index contributed by atoms with van der Waals surface area (Å²) in [5.41, 5.74) is 5.25. The number of carboxylic acid groups (broad SMARTS) is 1. The molecule has 1 atom stereocenters. The number of carbonyl (C=O) groups excluding carboxylic acids is 1. The van der Waals surface area contributed by atoms with Crippen LogP contribution < -0.4 is 0 Å². The van der Waals surface area contributed by atoms with Gasteiger partial charge in [-0.25, -0.2) is 9.59 Å². The van der Waals surface area contributed by atoms with Crippen molar-refractivity contribution in [1.82, 2.24) is 4.90 Å². The Morgan fingerprint density at radius 2 is 1.52 bits per heavy atom. The number of benzene rings is 3. The van der Waals surface area contributed by atoms with E-state index in [1.165, 1.54) is 11.8 Å². The largest absolute Gasteiger partial charge is 0.480 e. The second-order valence-electron chi connectivity index (χ2n) is 7.57. The molecule has 1 aliphatic carbocycles. The number of hydrogen-bond acceptors (Lipinski definition) is 3. The molecule has 0 saturated heterocycles. The highest BCUT2D eigenvalue weighted by molar-refractivity contribution is 6.30. The van der Waals surface area contributed by atoms with E-state index in [4.69, 9.17) is 16.3 Å². The van der Waals surface area contributed by atoms with Crippen LogP contribution >= 0.6 is 11.6 Å². The number of halogens is 1. The van der Waals surface area contributed by atoms with Crippen LogP contribution in [0.15, 0.2) is 72.8 Å². The summed E-state index contributed by atoms with van der Waals surface area (Å²) in [4.78, 5) is 25.8. The Bertz CT molecular complexity index is 1070. The molecule has 3 aromatic carbocycles. The molecule has 158 valence electrons. The first kappa shape index (κ1) is 20.9. The molecule has 5 nitrogen and oxygen atoms in total. The minimum atomic E-state index is -1.09. The van der Waals surface area contributed by atoms with Gasteiger partial charge in [-0.15, -0.1) is 0 Å². The zero-order valence-electron chi connectivity index (χ0n) is 17.0. The highest BCUT2D eigenvalue weighted by atomic mass is 35.5. The SMILES string of the molecule is CC(C(=O)O)N(Cc1ccc(Cl)cc1)C(=O)OCC1c2ccccc2-c2ccccc21. The number of aliphatic carboxylic acids is 1. The summed E-state index contributed by atoms with van der Waals surface area (Å²) in [5.74, 6) is -1.18. The van der Waals surface area contributed by atoms with Crippen molar-refractivity contribution in [3.05, 3.63) is 94.5 Å². The van der Waals surface area contributed by atoms with Crippen LogP contribution in [-0.4, -0.2) is 34.7 Å². The smallest absolute Gasteiger partial charge is 0.410 e. The molecule has 0 heterocycles. The molecule has 0 aromatic heterocycles. The van der Waals surface area contributed by atoms with Crippen LogP contribution in [0.1, 0.15) is 29.5 Å². The number of rotatable bonds is 6. The van der Waals surface area contributed by atoms with E-state index in [2.05, 4.69) is 12.1 Å². The number of amides is 1. The fourth-order valence-electron chi connectivity index (χ4n) is 3.96. The molecule has 0 saturated carbocycles. The first-order valence-corrected chi connectivity index (χ1v) is 10.4. The van der Waals surface area contributed by atoms with Crippen LogP contribution in [0.5, 0.6) is 0 Å². The van der Waals surface area contributed by atoms with E-state index in [0.717, 1.165) is 27.8 Å². The molecule has 1 N–H and O–H groups in total. The predicted molar refractivity (Wildman–Crippen MR) is 119 cm³/mol. The van der Waals surface area contributed by atoms with Gasteiger partial charge in [-0.2, -0.15) is 0 Å². The molecule has 1 amide bonds. The molecule has 1 unspecified atom stereocenters. The van der Waals surface area contributed by atoms with Crippen molar-refractivity contribution in [3.8, 4) is 11.1 Å². The Hall–Kier alpha value is -3.31. The summed E-state index contributed by atoms with van der Waals surface area (Å²) in [7, 11) is 0. The van der Waals surface area contributed by atoms with Crippen molar-refractivity contribution in [2.24, 2.45) is 0 Å². The van der Waals surface area contributed by atoms with Crippen LogP contribution in [0, 0.1) is 0 Å². The van der Waals surface area contributed by atoms with Gasteiger partial charge in [0.05, 0.1) is 0 Å². The van der Waals surface area contributed by atoms with Gasteiger partial charge in [-0.05, 0) is 46.9 Å². The summed E-state index contributed by atoms with van der Waals surface area (Å²) in [6.07, 6.45) is -0.660. The fourth-order valence-corrected chi connectivity index (χ4v) is 4.08. The molecule has 3 aromatic rings. The fraction of sp³-hybridized carbons (Fsp3) is 0.200. The van der Waals surface area contributed by atoms with Gasteiger partial charge in [0.15, 0.2) is 0 Å². The Balaban J connectivity index is 1.54. The van der Waals surface area contributed by atoms with Gasteiger partial charge in [0.1, 0.15) is 12.6 Å². The van der Waals surface area contributed by atoms with Crippen molar-refractivity contribution < 1.29 is 19.4 Å². The monoisotopic (exact) mass is 435 g/mol. The third-order valence-corrected chi connectivity index (χ3v) is 5.91. The summed E-state index contributed by atoms with van der Waals surface area (Å²) in [6, 6.07) is 22.0. The second kappa shape index (κ2) is 8.82. The molecule has 0 bridgehead atoms. The molecule has 6 heteroatoms. The van der Waals surface area contributed by atoms with Gasteiger partial charge in [-0.1, -0.05) is 72.3 Å². The predicted octanol–water partition coefficient (Wildman–Crippen LogP) is 5.56. The number of fused-ring (bicyclic) bond motifs is 3. The average molecular weight is 436 g/mol. The van der Waals surface area contributed by atoms with Crippen molar-refractivity contribution >= 4 is 23.7 Å². The van der Waals surface area contributed by atoms with E-state index in [1.807, 2.05) is 36.4 Å². The standard InChI is InChI=1S/C25H22ClNO4/c1-16(24(28)29)27(14-17-10-12-18(26)13-11-17)25(30)31-15-23-21-8-4-2-6-19(21)20-7-3-5-9-22(20)23/h2-13,16,23H,14-15H2,1H3,(H,28,29). The maximum Gasteiger partial charge on any atom is 0.410 e. The molecule has 0 radical (unpaired) electrons. The van der Waals surface area contributed by atoms with Crippen LogP contribution in [0.4, 0.5) is 4.79 Å². The molecule has 4 rings (SSSR count). The van der Waals surface area contributed by atoms with E-state index in [1.54, 1.807) is 24.3 Å². The number of hydrogen-bond donors (Lipinski definition) is 1. The highest BCUT2D eigenvalue weighted by Gasteiger charge is 2.31. The minimum Gasteiger partial charge on any atom is -0.480 e. The quantitative estimate of drug-likeness (QED) is 0.550. The summed E-state index contributed by atoms with van der Waals surface area (Å²) >= 11 is 5.93. The summed E-state index contributed by atoms with van der Waals surface area (Å²) in [5, 5.41) is 10.1. The van der Waals surface area contributed by atoms with Crippen molar-refractivity contribution in [3.63, 3.8) is 0 Å². The molecule has 1 aliphatic rings. The third-order valence-electron chi connectivity index (χ3n) is 5.66. The molecular weight excluding hydrogens is 414 g/mol. The lowest BCUT2D eigenvalue weighted by molar-refractivity contribution is -0.142. The Labute approximate surface area is 185 Å². The van der Waals surface area contributed by atoms with Crippen LogP contribution in [0.2, 0.25) is 5.02 Å². The molecule has 31 heavy (non-hydrogen) atoms. The van der Waals surface area contributed by atoms with E-state index >= 15 is 0 Å². The third kappa shape index (κ3) is 4.28. The molecule has 0 fully saturated rings. The zero-order chi connectivity index (χ0) is 22.0. The van der Waals surface area contributed by atoms with Gasteiger partial charge in [0.2, 0.25) is 0 Å². The number of ether oxygens (including phenoxy) is 1. The topological polar surface area (TPSA) is 66.8 Å². The van der Waals surface area contributed by atoms with Crippen molar-refractivity contribution in [2.75, 3.05) is 6.61 Å². The lowest BCUT2D eigenvalue weighted by Crippen LogP contribution is -2.43. The van der Waals surface area contributed by atoms with Gasteiger partial charge in [0, 0.05) is 17.5 Å². The maximum absolute atomic E-state index is 13.0. The molecule has 0 spiro atoms. The van der Waals surface area contributed by atoms with E-state index in [9.17, 15) is 14.7 Å². The van der Waals surface area contributed by atoms with Gasteiger partial charge in [0.25, 0.3) is 0 Å². The number of nitrogens with zero attached hydrogens (tertiary/aromatic N) is 1. The average Bonchev–Trinajstić information content (AvgIpc) is 3.10.